The number of anilines is 1. The summed E-state index contributed by atoms with van der Waals surface area (Å²) in [6.45, 7) is 3.43. The maximum absolute atomic E-state index is 13.7. The number of hydrogen-bond acceptors (Lipinski definition) is 10. The minimum absolute atomic E-state index is 0.0158. The molecule has 38 heavy (non-hydrogen) atoms. The van der Waals surface area contributed by atoms with Gasteiger partial charge in [0.2, 0.25) is 11.7 Å². The third kappa shape index (κ3) is 4.00. The maximum atomic E-state index is 13.7. The van der Waals surface area contributed by atoms with Crippen molar-refractivity contribution >= 4 is 29.1 Å². The molecule has 0 saturated carbocycles. The van der Waals surface area contributed by atoms with Crippen LogP contribution in [0.4, 0.5) is 5.69 Å². The SMILES string of the molecule is CC(C)NC(=O)CNc1ccc2c(c1O)C(=O)C1=C(O)C3(O)C(=O)C(C(N)=O)=C(O)[C@@H](N(C)C)C3CC1C2. The number of aromatic hydroxyl groups is 1. The molecule has 0 saturated heterocycles. The van der Waals surface area contributed by atoms with E-state index in [0.717, 1.165) is 0 Å². The van der Waals surface area contributed by atoms with Crippen molar-refractivity contribution in [2.45, 2.75) is 44.4 Å². The quantitative estimate of drug-likeness (QED) is 0.195. The Kier molecular flexibility index (Phi) is 6.74. The van der Waals surface area contributed by atoms with Gasteiger partial charge < -0.3 is 36.8 Å². The number of phenols is 1. The molecule has 3 unspecified atom stereocenters. The zero-order valence-electron chi connectivity index (χ0n) is 21.5. The summed E-state index contributed by atoms with van der Waals surface area (Å²) in [5, 5.41) is 50.1. The number of nitrogens with two attached hydrogens (primary N) is 1. The Bertz CT molecular complexity index is 1310. The van der Waals surface area contributed by atoms with Crippen LogP contribution >= 0.6 is 0 Å². The normalized spacial score (nSPS) is 26.8. The van der Waals surface area contributed by atoms with Crippen molar-refractivity contribution in [3.8, 4) is 5.75 Å². The number of nitrogens with one attached hydrogen (secondary N) is 2. The van der Waals surface area contributed by atoms with Gasteiger partial charge in [0, 0.05) is 17.5 Å². The average molecular weight is 529 g/mol. The number of amides is 2. The van der Waals surface area contributed by atoms with Crippen molar-refractivity contribution in [2.24, 2.45) is 17.6 Å². The van der Waals surface area contributed by atoms with E-state index >= 15 is 0 Å². The summed E-state index contributed by atoms with van der Waals surface area (Å²) in [5.41, 5.74) is 2.02. The number of fused-ring (bicyclic) bond motifs is 3. The van der Waals surface area contributed by atoms with Gasteiger partial charge in [-0.1, -0.05) is 6.07 Å². The molecule has 0 radical (unpaired) electrons. The predicted octanol–water partition coefficient (Wildman–Crippen LogP) is 0.0571. The fourth-order valence-electron chi connectivity index (χ4n) is 5.92. The van der Waals surface area contributed by atoms with Crippen molar-refractivity contribution in [3.05, 3.63) is 45.9 Å². The van der Waals surface area contributed by atoms with Crippen LogP contribution in [0.2, 0.25) is 0 Å². The van der Waals surface area contributed by atoms with E-state index in [2.05, 4.69) is 10.6 Å². The highest BCUT2D eigenvalue weighted by Gasteiger charge is 2.63. The zero-order chi connectivity index (χ0) is 28.3. The number of hydrogen-bond donors (Lipinski definition) is 7. The molecule has 3 aliphatic carbocycles. The van der Waals surface area contributed by atoms with Crippen molar-refractivity contribution in [2.75, 3.05) is 26.0 Å². The van der Waals surface area contributed by atoms with Gasteiger partial charge in [-0.15, -0.1) is 0 Å². The summed E-state index contributed by atoms with van der Waals surface area (Å²) in [6.07, 6.45) is 0.206. The van der Waals surface area contributed by atoms with Gasteiger partial charge in [0.05, 0.1) is 23.8 Å². The molecule has 1 aromatic rings. The van der Waals surface area contributed by atoms with Gasteiger partial charge in [0.25, 0.3) is 5.91 Å². The molecular weight excluding hydrogens is 496 g/mol. The second-order valence-corrected chi connectivity index (χ2v) is 10.5. The van der Waals surface area contributed by atoms with Crippen molar-refractivity contribution in [1.82, 2.24) is 10.2 Å². The van der Waals surface area contributed by atoms with Gasteiger partial charge in [-0.3, -0.25) is 24.1 Å². The number of allylic oxidation sites excluding steroid dienone is 1. The van der Waals surface area contributed by atoms with Crippen LogP contribution in [-0.4, -0.2) is 87.0 Å². The number of benzene rings is 1. The molecule has 12 heteroatoms. The lowest BCUT2D eigenvalue weighted by molar-refractivity contribution is -0.148. The number of aliphatic hydroxyl groups excluding tert-OH is 2. The second kappa shape index (κ2) is 9.44. The summed E-state index contributed by atoms with van der Waals surface area (Å²) in [6, 6.07) is 2.04. The summed E-state index contributed by atoms with van der Waals surface area (Å²) >= 11 is 0. The number of aliphatic hydroxyl groups is 3. The van der Waals surface area contributed by atoms with Crippen LogP contribution in [0.25, 0.3) is 0 Å². The first-order chi connectivity index (χ1) is 17.7. The van der Waals surface area contributed by atoms with Gasteiger partial charge >= 0.3 is 0 Å². The molecule has 12 nitrogen and oxygen atoms in total. The summed E-state index contributed by atoms with van der Waals surface area (Å²) < 4.78 is 0. The Morgan fingerprint density at radius 1 is 1.18 bits per heavy atom. The van der Waals surface area contributed by atoms with Crippen LogP contribution < -0.4 is 16.4 Å². The Hall–Kier alpha value is -3.90. The molecule has 0 heterocycles. The summed E-state index contributed by atoms with van der Waals surface area (Å²) in [7, 11) is 3.14. The van der Waals surface area contributed by atoms with Crippen LogP contribution in [0.5, 0.6) is 5.75 Å². The summed E-state index contributed by atoms with van der Waals surface area (Å²) in [4.78, 5) is 52.5. The maximum Gasteiger partial charge on any atom is 0.255 e. The highest BCUT2D eigenvalue weighted by atomic mass is 16.3. The number of Topliss-reactive ketones (excluding diaryl/α,β-unsaturated/α-hetero) is 2. The van der Waals surface area contributed by atoms with Crippen LogP contribution in [0.1, 0.15) is 36.2 Å². The van der Waals surface area contributed by atoms with E-state index in [1.807, 2.05) is 0 Å². The zero-order valence-corrected chi connectivity index (χ0v) is 21.5. The number of carbonyl (C=O) groups is 4. The van der Waals surface area contributed by atoms with Gasteiger partial charge in [0.15, 0.2) is 11.4 Å². The molecule has 4 rings (SSSR count). The molecular formula is C26H32N4O8. The third-order valence-corrected chi connectivity index (χ3v) is 7.48. The lowest BCUT2D eigenvalue weighted by Gasteiger charge is -2.50. The molecule has 0 aliphatic heterocycles. The Balaban J connectivity index is 1.79. The third-order valence-electron chi connectivity index (χ3n) is 7.48. The predicted molar refractivity (Wildman–Crippen MR) is 135 cm³/mol. The number of likely N-dealkylation sites (N-methyl/N-ethyl adjacent to an activating group) is 1. The molecule has 1 aromatic carbocycles. The van der Waals surface area contributed by atoms with Crippen molar-refractivity contribution in [1.29, 1.82) is 0 Å². The number of rotatable bonds is 6. The van der Waals surface area contributed by atoms with Gasteiger partial charge in [0.1, 0.15) is 22.8 Å². The first-order valence-corrected chi connectivity index (χ1v) is 12.2. The largest absolute Gasteiger partial charge is 0.510 e. The second-order valence-electron chi connectivity index (χ2n) is 10.5. The molecule has 4 atom stereocenters. The molecule has 2 amide bonds. The van der Waals surface area contributed by atoms with E-state index in [1.54, 1.807) is 34.0 Å². The Morgan fingerprint density at radius 3 is 2.42 bits per heavy atom. The lowest BCUT2D eigenvalue weighted by atomic mass is 9.58. The van der Waals surface area contributed by atoms with Crippen LogP contribution in [0.15, 0.2) is 34.8 Å². The standard InChI is InChI=1S/C26H32N4O8/c1-10(2)29-15(31)9-28-14-6-5-11-7-12-8-13-19(30(3)4)22(34)18(25(27)37)24(36)26(13,38)23(35)17(12)21(33)16(11)20(14)32/h5-6,10,12-13,19,28,32,34-35,38H,7-9H2,1-4H3,(H2,27,37)(H,29,31)/t12?,13?,19-,26?/m0/s1. The smallest absolute Gasteiger partial charge is 0.255 e. The molecule has 0 fully saturated rings. The minimum atomic E-state index is -2.69. The molecule has 0 spiro atoms. The van der Waals surface area contributed by atoms with E-state index in [9.17, 15) is 39.6 Å². The topological polar surface area (TPSA) is 203 Å². The Labute approximate surface area is 218 Å². The highest BCUT2D eigenvalue weighted by Crippen LogP contribution is 2.52. The lowest BCUT2D eigenvalue weighted by Crippen LogP contribution is -2.63. The van der Waals surface area contributed by atoms with Gasteiger partial charge in [-0.2, -0.15) is 0 Å². The molecule has 3 aliphatic rings. The van der Waals surface area contributed by atoms with E-state index < -0.39 is 63.8 Å². The highest BCUT2D eigenvalue weighted by molar-refractivity contribution is 6.24. The Morgan fingerprint density at radius 2 is 1.84 bits per heavy atom. The average Bonchev–Trinajstić information content (AvgIpc) is 2.80. The van der Waals surface area contributed by atoms with E-state index in [4.69, 9.17) is 5.73 Å². The van der Waals surface area contributed by atoms with Crippen LogP contribution in [0.3, 0.4) is 0 Å². The van der Waals surface area contributed by atoms with E-state index in [0.29, 0.717) is 5.56 Å². The number of phenolic OH excluding ortho intramolecular Hbond substituents is 1. The van der Waals surface area contributed by atoms with E-state index in [1.165, 1.54) is 11.0 Å². The number of primary amides is 1. The number of nitrogens with zero attached hydrogens (tertiary/aromatic N) is 1. The van der Waals surface area contributed by atoms with E-state index in [-0.39, 0.29) is 48.2 Å². The fourth-order valence-corrected chi connectivity index (χ4v) is 5.92. The molecule has 0 aromatic heterocycles. The first-order valence-electron chi connectivity index (χ1n) is 12.2. The molecule has 8 N–H and O–H groups in total. The first kappa shape index (κ1) is 27.1. The molecule has 204 valence electrons. The number of carbonyl (C=O) groups excluding carboxylic acids is 4. The van der Waals surface area contributed by atoms with Crippen molar-refractivity contribution in [3.63, 3.8) is 0 Å². The van der Waals surface area contributed by atoms with Crippen molar-refractivity contribution < 1.29 is 39.6 Å². The molecule has 0 bridgehead atoms. The monoisotopic (exact) mass is 528 g/mol. The van der Waals surface area contributed by atoms with Gasteiger partial charge in [-0.05, 0) is 58.3 Å². The van der Waals surface area contributed by atoms with Crippen LogP contribution in [0, 0.1) is 11.8 Å². The van der Waals surface area contributed by atoms with Crippen LogP contribution in [-0.2, 0) is 20.8 Å². The fraction of sp³-hybridized carbons (Fsp3) is 0.462. The summed E-state index contributed by atoms with van der Waals surface area (Å²) in [5.74, 6) is -7.38. The minimum Gasteiger partial charge on any atom is -0.510 e. The number of ketones is 2. The van der Waals surface area contributed by atoms with Gasteiger partial charge in [-0.25, -0.2) is 0 Å².